The van der Waals surface area contributed by atoms with Gasteiger partial charge < -0.3 is 4.98 Å². The van der Waals surface area contributed by atoms with Crippen molar-refractivity contribution in [3.63, 3.8) is 0 Å². The summed E-state index contributed by atoms with van der Waals surface area (Å²) in [5, 5.41) is 5.77. The molecule has 0 bridgehead atoms. The van der Waals surface area contributed by atoms with Crippen LogP contribution in [0.5, 0.6) is 0 Å². The molecule has 4 nitrogen and oxygen atoms in total. The van der Waals surface area contributed by atoms with Crippen LogP contribution in [0.1, 0.15) is 18.2 Å². The van der Waals surface area contributed by atoms with Crippen LogP contribution in [0.15, 0.2) is 12.1 Å². The van der Waals surface area contributed by atoms with E-state index in [2.05, 4.69) is 17.0 Å². The highest BCUT2D eigenvalue weighted by Gasteiger charge is 2.17. The van der Waals surface area contributed by atoms with Crippen molar-refractivity contribution in [3.05, 3.63) is 38.2 Å². The van der Waals surface area contributed by atoms with Crippen molar-refractivity contribution in [2.75, 3.05) is 0 Å². The van der Waals surface area contributed by atoms with E-state index in [4.69, 9.17) is 35.4 Å². The molecule has 1 N–H and O–H groups in total. The van der Waals surface area contributed by atoms with Gasteiger partial charge in [-0.2, -0.15) is 5.10 Å². The predicted octanol–water partition coefficient (Wildman–Crippen LogP) is 4.60. The van der Waals surface area contributed by atoms with Crippen LogP contribution in [0.4, 0.5) is 0 Å². The third-order valence-corrected chi connectivity index (χ3v) is 4.53. The summed E-state index contributed by atoms with van der Waals surface area (Å²) < 4.78 is 4.27. The van der Waals surface area contributed by atoms with E-state index in [0.29, 0.717) is 14.8 Å². The number of nitrogens with zero attached hydrogens (tertiary/aromatic N) is 3. The van der Waals surface area contributed by atoms with Crippen molar-refractivity contribution in [2.45, 2.75) is 20.3 Å². The molecule has 0 atom stereocenters. The zero-order chi connectivity index (χ0) is 15.3. The molecule has 0 fully saturated rings. The lowest BCUT2D eigenvalue weighted by atomic mass is 10.2. The fourth-order valence-corrected chi connectivity index (χ4v) is 3.24. The molecule has 1 aromatic carbocycles. The Morgan fingerprint density at radius 2 is 2.00 bits per heavy atom. The Bertz CT molecular complexity index is 904. The summed E-state index contributed by atoms with van der Waals surface area (Å²) >= 11 is 18.1. The van der Waals surface area contributed by atoms with Crippen LogP contribution in [0.25, 0.3) is 16.9 Å². The number of H-pyrrole nitrogens is 1. The average Bonchev–Trinajstić information content (AvgIpc) is 2.91. The third-order valence-electron chi connectivity index (χ3n) is 3.54. The lowest BCUT2D eigenvalue weighted by Crippen LogP contribution is -2.02. The van der Waals surface area contributed by atoms with Gasteiger partial charge in [-0.05, 0) is 43.3 Å². The number of hydrogen-bond donors (Lipinski definition) is 1. The van der Waals surface area contributed by atoms with Gasteiger partial charge in [0, 0.05) is 12.1 Å². The summed E-state index contributed by atoms with van der Waals surface area (Å²) in [6.45, 7) is 3.98. The van der Waals surface area contributed by atoms with Crippen LogP contribution >= 0.6 is 35.4 Å². The van der Waals surface area contributed by atoms with Gasteiger partial charge in [0.2, 0.25) is 0 Å². The molecule has 0 aliphatic carbocycles. The number of halogens is 2. The maximum absolute atomic E-state index is 6.39. The van der Waals surface area contributed by atoms with Crippen LogP contribution in [0.2, 0.25) is 10.0 Å². The van der Waals surface area contributed by atoms with E-state index >= 15 is 0 Å². The maximum Gasteiger partial charge on any atom is 0.184 e. The molecule has 3 aromatic rings. The molecule has 0 saturated heterocycles. The first kappa shape index (κ1) is 14.6. The summed E-state index contributed by atoms with van der Waals surface area (Å²) in [5.74, 6) is 0. The minimum absolute atomic E-state index is 0.578. The second kappa shape index (κ2) is 5.16. The largest absolute Gasteiger partial charge is 0.327 e. The fourth-order valence-electron chi connectivity index (χ4n) is 2.49. The number of benzene rings is 1. The first-order valence-electron chi connectivity index (χ1n) is 6.56. The van der Waals surface area contributed by atoms with Crippen LogP contribution in [0.3, 0.4) is 0 Å². The number of aromatic amines is 1. The molecule has 21 heavy (non-hydrogen) atoms. The van der Waals surface area contributed by atoms with Crippen molar-refractivity contribution >= 4 is 46.6 Å². The third kappa shape index (κ3) is 2.20. The van der Waals surface area contributed by atoms with Crippen molar-refractivity contribution in [2.24, 2.45) is 7.05 Å². The summed E-state index contributed by atoms with van der Waals surface area (Å²) in [6.07, 6.45) is 0.828. The minimum Gasteiger partial charge on any atom is -0.327 e. The number of aryl methyl sites for hydroxylation is 3. The smallest absolute Gasteiger partial charge is 0.184 e. The van der Waals surface area contributed by atoms with Crippen LogP contribution in [0, 0.1) is 11.7 Å². The molecule has 0 saturated carbocycles. The van der Waals surface area contributed by atoms with E-state index in [0.717, 1.165) is 34.5 Å². The molecule has 110 valence electrons. The Labute approximate surface area is 137 Å². The van der Waals surface area contributed by atoms with Gasteiger partial charge in [-0.3, -0.25) is 4.57 Å². The Morgan fingerprint density at radius 1 is 1.29 bits per heavy atom. The van der Waals surface area contributed by atoms with Crippen molar-refractivity contribution in [3.8, 4) is 5.69 Å². The molecule has 2 aromatic heterocycles. The molecule has 7 heteroatoms. The highest BCUT2D eigenvalue weighted by molar-refractivity contribution is 7.71. The zero-order valence-corrected chi connectivity index (χ0v) is 14.2. The van der Waals surface area contributed by atoms with E-state index in [-0.39, 0.29) is 0 Å². The Balaban J connectivity index is 2.41. The molecule has 0 aliphatic rings. The Hall–Kier alpha value is -1.30. The highest BCUT2D eigenvalue weighted by Crippen LogP contribution is 2.31. The van der Waals surface area contributed by atoms with Gasteiger partial charge in [-0.25, -0.2) is 4.68 Å². The Kier molecular flexibility index (Phi) is 3.59. The first-order valence-corrected chi connectivity index (χ1v) is 7.73. The fraction of sp³-hybridized carbons (Fsp3) is 0.286. The van der Waals surface area contributed by atoms with Gasteiger partial charge in [0.05, 0.1) is 16.4 Å². The van der Waals surface area contributed by atoms with Crippen LogP contribution < -0.4 is 0 Å². The monoisotopic (exact) mass is 340 g/mol. The maximum atomic E-state index is 6.39. The second-order valence-corrected chi connectivity index (χ2v) is 6.14. The van der Waals surface area contributed by atoms with Crippen molar-refractivity contribution in [1.82, 2.24) is 19.3 Å². The average molecular weight is 341 g/mol. The van der Waals surface area contributed by atoms with Gasteiger partial charge in [0.25, 0.3) is 0 Å². The number of hydrogen-bond acceptors (Lipinski definition) is 2. The van der Waals surface area contributed by atoms with E-state index in [1.54, 1.807) is 0 Å². The van der Waals surface area contributed by atoms with E-state index < -0.39 is 0 Å². The minimum atomic E-state index is 0.578. The predicted molar refractivity (Wildman–Crippen MR) is 89.4 cm³/mol. The van der Waals surface area contributed by atoms with Crippen molar-refractivity contribution < 1.29 is 0 Å². The van der Waals surface area contributed by atoms with Crippen LogP contribution in [-0.4, -0.2) is 19.3 Å². The summed E-state index contributed by atoms with van der Waals surface area (Å²) in [5.41, 5.74) is 4.50. The number of aromatic nitrogens is 4. The molecule has 0 amide bonds. The van der Waals surface area contributed by atoms with E-state index in [1.807, 2.05) is 35.4 Å². The second-order valence-electron chi connectivity index (χ2n) is 4.94. The van der Waals surface area contributed by atoms with Gasteiger partial charge in [-0.15, -0.1) is 0 Å². The SMILES string of the molecule is CCc1nn(C)c2c1[nH]c(=S)n2-c1cc(Cl)c(C)cc1Cl. The molecular weight excluding hydrogens is 327 g/mol. The van der Waals surface area contributed by atoms with E-state index in [9.17, 15) is 0 Å². The molecule has 0 spiro atoms. The summed E-state index contributed by atoms with van der Waals surface area (Å²) in [7, 11) is 1.89. The quantitative estimate of drug-likeness (QED) is 0.692. The van der Waals surface area contributed by atoms with Gasteiger partial charge >= 0.3 is 0 Å². The lowest BCUT2D eigenvalue weighted by Gasteiger charge is -2.09. The van der Waals surface area contributed by atoms with Gasteiger partial charge in [-0.1, -0.05) is 30.1 Å². The molecule has 0 aliphatic heterocycles. The number of rotatable bonds is 2. The normalized spacial score (nSPS) is 11.5. The number of fused-ring (bicyclic) bond motifs is 1. The standard InChI is InChI=1S/C14H14Cl2N4S/c1-4-10-12-13(19(3)18-10)20(14(21)17-12)11-6-8(15)7(2)5-9(11)16/h5-6H,4H2,1-3H3,(H,17,21). The van der Waals surface area contributed by atoms with Gasteiger partial charge in [0.1, 0.15) is 5.52 Å². The van der Waals surface area contributed by atoms with Gasteiger partial charge in [0.15, 0.2) is 10.4 Å². The molecular formula is C14H14Cl2N4S. The molecule has 3 rings (SSSR count). The molecule has 2 heterocycles. The highest BCUT2D eigenvalue weighted by atomic mass is 35.5. The zero-order valence-electron chi connectivity index (χ0n) is 11.9. The first-order chi connectivity index (χ1) is 9.93. The molecule has 0 unspecified atom stereocenters. The topological polar surface area (TPSA) is 38.5 Å². The summed E-state index contributed by atoms with van der Waals surface area (Å²) in [4.78, 5) is 3.22. The number of imidazole rings is 1. The Morgan fingerprint density at radius 3 is 2.67 bits per heavy atom. The summed E-state index contributed by atoms with van der Waals surface area (Å²) in [6, 6.07) is 3.68. The van der Waals surface area contributed by atoms with Crippen LogP contribution in [-0.2, 0) is 13.5 Å². The van der Waals surface area contributed by atoms with Crippen molar-refractivity contribution in [1.29, 1.82) is 0 Å². The lowest BCUT2D eigenvalue weighted by molar-refractivity contribution is 0.748. The molecule has 0 radical (unpaired) electrons. The number of nitrogens with one attached hydrogen (secondary N) is 1. The van der Waals surface area contributed by atoms with E-state index in [1.165, 1.54) is 0 Å².